The largest absolute Gasteiger partial charge is 1.00 e. The van der Waals surface area contributed by atoms with Gasteiger partial charge in [0.25, 0.3) is 0 Å². The van der Waals surface area contributed by atoms with E-state index in [2.05, 4.69) is 13.8 Å². The van der Waals surface area contributed by atoms with Gasteiger partial charge in [-0.25, -0.2) is 12.8 Å². The molecule has 0 fully saturated rings. The Kier molecular flexibility index (Phi) is 26.9. The van der Waals surface area contributed by atoms with Crippen LogP contribution in [0.5, 0.6) is 0 Å². The molecule has 0 aliphatic carbocycles. The summed E-state index contributed by atoms with van der Waals surface area (Å²) in [6, 6.07) is 0. The predicted molar refractivity (Wildman–Crippen MR) is 131 cm³/mol. The second-order valence-electron chi connectivity index (χ2n) is 9.55. The number of unbranched alkanes of at least 4 members (excludes halogenated alkanes) is 19. The van der Waals surface area contributed by atoms with E-state index >= 15 is 0 Å². The fourth-order valence-corrected chi connectivity index (χ4v) is 5.09. The Bertz CT molecular complexity index is 487. The van der Waals surface area contributed by atoms with Gasteiger partial charge >= 0.3 is 51.4 Å². The predicted octanol–water partition coefficient (Wildman–Crippen LogP) is 6.21. The molecule has 0 N–H and O–H groups in total. The Labute approximate surface area is 243 Å². The van der Waals surface area contributed by atoms with Gasteiger partial charge in [-0.05, 0) is 25.7 Å². The molecule has 0 radical (unpaired) electrons. The quantitative estimate of drug-likeness (QED) is 0.0895. The average molecular weight is 503 g/mol. The van der Waals surface area contributed by atoms with Gasteiger partial charge in [0.2, 0.25) is 0 Å². The van der Waals surface area contributed by atoms with Crippen LogP contribution < -0.4 is 51.4 Å². The molecule has 0 aliphatic rings. The minimum atomic E-state index is -4.90. The molecule has 0 aromatic heterocycles. The van der Waals surface area contributed by atoms with Crippen LogP contribution >= 0.6 is 0 Å². The Balaban J connectivity index is 0. The van der Waals surface area contributed by atoms with Crippen molar-refractivity contribution in [3.63, 3.8) is 0 Å². The van der Waals surface area contributed by atoms with E-state index in [1.807, 2.05) is 0 Å². The van der Waals surface area contributed by atoms with Crippen molar-refractivity contribution in [2.45, 2.75) is 167 Å². The standard InChI is InChI=1S/C26H53FO3S.K/c1-3-5-7-9-11-13-14-15-17-19-21-23-25-26(27,31(28,29)30)24-22-20-18-16-12-10-8-6-4-2;/h3-25H2,1-2H3,(H,28,29,30);/q;+1/p-1. The Hall–Kier alpha value is 1.48. The van der Waals surface area contributed by atoms with E-state index in [0.717, 1.165) is 38.5 Å². The molecule has 1 unspecified atom stereocenters. The zero-order chi connectivity index (χ0) is 23.3. The normalized spacial score (nSPS) is 13.6. The van der Waals surface area contributed by atoms with Gasteiger partial charge in [-0.3, -0.25) is 0 Å². The number of halogens is 1. The first-order valence-electron chi connectivity index (χ1n) is 13.5. The molecule has 0 saturated heterocycles. The van der Waals surface area contributed by atoms with Crippen LogP contribution in [0.1, 0.15) is 162 Å². The van der Waals surface area contributed by atoms with Crippen molar-refractivity contribution < 1.29 is 68.7 Å². The maximum Gasteiger partial charge on any atom is 1.00 e. The van der Waals surface area contributed by atoms with Gasteiger partial charge in [0.05, 0.1) is 0 Å². The van der Waals surface area contributed by atoms with E-state index < -0.39 is 15.1 Å². The first kappa shape index (κ1) is 35.6. The van der Waals surface area contributed by atoms with Crippen molar-refractivity contribution in [1.29, 1.82) is 0 Å². The van der Waals surface area contributed by atoms with Crippen molar-refractivity contribution in [2.24, 2.45) is 0 Å². The van der Waals surface area contributed by atoms with E-state index in [-0.39, 0.29) is 64.2 Å². The Morgan fingerprint density at radius 3 is 0.969 bits per heavy atom. The molecule has 0 heterocycles. The molecule has 0 amide bonds. The van der Waals surface area contributed by atoms with Crippen molar-refractivity contribution in [1.82, 2.24) is 0 Å². The topological polar surface area (TPSA) is 57.2 Å². The fourth-order valence-electron chi connectivity index (χ4n) is 4.30. The molecule has 1 atom stereocenters. The molecular weight excluding hydrogens is 450 g/mol. The fraction of sp³-hybridized carbons (Fsp3) is 1.00. The average Bonchev–Trinajstić information content (AvgIpc) is 2.72. The van der Waals surface area contributed by atoms with Crippen LogP contribution in [0, 0.1) is 0 Å². The molecule has 0 bridgehead atoms. The van der Waals surface area contributed by atoms with E-state index in [1.54, 1.807) is 0 Å². The number of rotatable bonds is 24. The molecule has 0 spiro atoms. The molecule has 0 aromatic rings. The maximum atomic E-state index is 14.9. The first-order valence-corrected chi connectivity index (χ1v) is 14.9. The third-order valence-electron chi connectivity index (χ3n) is 6.51. The molecule has 0 aromatic carbocycles. The van der Waals surface area contributed by atoms with Crippen molar-refractivity contribution in [3.05, 3.63) is 0 Å². The summed E-state index contributed by atoms with van der Waals surface area (Å²) in [4.78, 5) is 0. The van der Waals surface area contributed by atoms with Crippen molar-refractivity contribution in [3.8, 4) is 0 Å². The van der Waals surface area contributed by atoms with Crippen LogP contribution in [0.2, 0.25) is 0 Å². The molecule has 0 rings (SSSR count). The Morgan fingerprint density at radius 1 is 0.531 bits per heavy atom. The second kappa shape index (κ2) is 24.2. The first-order chi connectivity index (χ1) is 14.9. The van der Waals surface area contributed by atoms with E-state index in [0.29, 0.717) is 12.8 Å². The molecule has 6 heteroatoms. The summed E-state index contributed by atoms with van der Waals surface area (Å²) in [5.74, 6) is 0. The van der Waals surface area contributed by atoms with Crippen LogP contribution in [0.3, 0.4) is 0 Å². The molecule has 0 aliphatic heterocycles. The van der Waals surface area contributed by atoms with Crippen molar-refractivity contribution in [2.75, 3.05) is 0 Å². The summed E-state index contributed by atoms with van der Waals surface area (Å²) >= 11 is 0. The van der Waals surface area contributed by atoms with Gasteiger partial charge in [-0.1, -0.05) is 136 Å². The van der Waals surface area contributed by atoms with Crippen LogP contribution in [0.4, 0.5) is 4.39 Å². The molecule has 3 nitrogen and oxygen atoms in total. The number of alkyl halides is 1. The van der Waals surface area contributed by atoms with E-state index in [9.17, 15) is 17.4 Å². The zero-order valence-corrected chi connectivity index (χ0v) is 25.7. The van der Waals surface area contributed by atoms with Gasteiger partial charge in [-0.2, -0.15) is 0 Å². The minimum Gasteiger partial charge on any atom is -0.745 e. The SMILES string of the molecule is CCCCCCCCCCCCCCC(F)(CCCCCCCCCCC)S(=O)(=O)[O-].[K+]. The number of hydrogen-bond donors (Lipinski definition) is 0. The van der Waals surface area contributed by atoms with Crippen LogP contribution in [-0.2, 0) is 10.1 Å². The summed E-state index contributed by atoms with van der Waals surface area (Å²) in [5.41, 5.74) is 0. The second-order valence-corrected chi connectivity index (χ2v) is 11.2. The van der Waals surface area contributed by atoms with E-state index in [1.165, 1.54) is 83.5 Å². The van der Waals surface area contributed by atoms with E-state index in [4.69, 9.17) is 0 Å². The number of hydrogen-bond acceptors (Lipinski definition) is 3. The van der Waals surface area contributed by atoms with Gasteiger partial charge in [0.15, 0.2) is 5.00 Å². The Morgan fingerprint density at radius 2 is 0.750 bits per heavy atom. The zero-order valence-electron chi connectivity index (χ0n) is 21.8. The van der Waals surface area contributed by atoms with Crippen LogP contribution in [0.25, 0.3) is 0 Å². The van der Waals surface area contributed by atoms with Crippen molar-refractivity contribution >= 4 is 10.1 Å². The van der Waals surface area contributed by atoms with Crippen LogP contribution in [-0.4, -0.2) is 18.0 Å². The minimum absolute atomic E-state index is 0. The summed E-state index contributed by atoms with van der Waals surface area (Å²) < 4.78 is 49.5. The molecule has 0 saturated carbocycles. The summed E-state index contributed by atoms with van der Waals surface area (Å²) in [5, 5.41) is -2.56. The summed E-state index contributed by atoms with van der Waals surface area (Å²) in [6.07, 6.45) is 23.2. The smallest absolute Gasteiger partial charge is 0.745 e. The third kappa shape index (κ3) is 20.8. The third-order valence-corrected chi connectivity index (χ3v) is 7.81. The summed E-state index contributed by atoms with van der Waals surface area (Å²) in [7, 11) is -4.90. The summed E-state index contributed by atoms with van der Waals surface area (Å²) in [6.45, 7) is 4.43. The monoisotopic (exact) mass is 502 g/mol. The van der Waals surface area contributed by atoms with Crippen LogP contribution in [0.15, 0.2) is 0 Å². The maximum absolute atomic E-state index is 14.9. The van der Waals surface area contributed by atoms with Gasteiger partial charge < -0.3 is 4.55 Å². The molecule has 188 valence electrons. The van der Waals surface area contributed by atoms with Gasteiger partial charge in [0.1, 0.15) is 10.1 Å². The molecule has 32 heavy (non-hydrogen) atoms. The van der Waals surface area contributed by atoms with Gasteiger partial charge in [-0.15, -0.1) is 0 Å². The van der Waals surface area contributed by atoms with Gasteiger partial charge in [0, 0.05) is 0 Å². The molecular formula is C26H52FKO3S.